The van der Waals surface area contributed by atoms with Gasteiger partial charge in [0.1, 0.15) is 24.4 Å². The van der Waals surface area contributed by atoms with Crippen molar-refractivity contribution >= 4 is 11.7 Å². The summed E-state index contributed by atoms with van der Waals surface area (Å²) in [5, 5.41) is 49.8. The number of anilines is 1. The van der Waals surface area contributed by atoms with Crippen LogP contribution in [0.4, 0.5) is 5.69 Å². The first-order chi connectivity index (χ1) is 9.93. The van der Waals surface area contributed by atoms with Gasteiger partial charge in [-0.1, -0.05) is 0 Å². The molecular weight excluding hydrogens is 282 g/mol. The molecular formula is C13H17NO7. The number of aliphatic hydroxyl groups is 4. The molecule has 0 radical (unpaired) electrons. The van der Waals surface area contributed by atoms with E-state index in [0.29, 0.717) is 5.69 Å². The Kier molecular flexibility index (Phi) is 4.76. The highest BCUT2D eigenvalue weighted by Gasteiger charge is 2.43. The molecule has 1 aliphatic heterocycles. The Hall–Kier alpha value is -1.71. The Labute approximate surface area is 120 Å². The first-order valence-corrected chi connectivity index (χ1v) is 6.34. The summed E-state index contributed by atoms with van der Waals surface area (Å²) in [6.07, 6.45) is -6.33. The molecule has 1 aromatic carbocycles. The van der Waals surface area contributed by atoms with E-state index < -0.39 is 43.2 Å². The maximum Gasteiger partial charge on any atom is 0.335 e. The molecule has 0 spiro atoms. The Balaban J connectivity index is 2.08. The summed E-state index contributed by atoms with van der Waals surface area (Å²) in [4.78, 5) is 10.7. The van der Waals surface area contributed by atoms with Gasteiger partial charge in [0.25, 0.3) is 0 Å². The molecule has 8 heteroatoms. The van der Waals surface area contributed by atoms with E-state index in [4.69, 9.17) is 14.9 Å². The van der Waals surface area contributed by atoms with Crippen molar-refractivity contribution in [2.24, 2.45) is 0 Å². The zero-order valence-corrected chi connectivity index (χ0v) is 11.0. The monoisotopic (exact) mass is 299 g/mol. The van der Waals surface area contributed by atoms with Crippen LogP contribution in [-0.4, -0.2) is 68.8 Å². The second kappa shape index (κ2) is 6.37. The number of benzene rings is 1. The average Bonchev–Trinajstić information content (AvgIpc) is 2.48. The van der Waals surface area contributed by atoms with Gasteiger partial charge >= 0.3 is 5.97 Å². The number of hydrogen-bond donors (Lipinski definition) is 6. The normalized spacial score (nSPS) is 32.7. The van der Waals surface area contributed by atoms with Gasteiger partial charge in [-0.3, -0.25) is 0 Å². The standard InChI is InChI=1S/C13H17NO7/c15-5-8-9(16)10(17)11(18)12(21-8)14-7-3-1-6(2-4-7)13(19)20/h1-4,8-12,14-18H,5H2,(H,19,20)/t8-,9+,10+,11-,12-/m1/s1. The quantitative estimate of drug-likeness (QED) is 0.399. The van der Waals surface area contributed by atoms with Crippen LogP contribution in [0.2, 0.25) is 0 Å². The smallest absolute Gasteiger partial charge is 0.335 e. The number of rotatable bonds is 4. The van der Waals surface area contributed by atoms with Crippen molar-refractivity contribution < 1.29 is 35.1 Å². The fourth-order valence-corrected chi connectivity index (χ4v) is 2.09. The molecule has 1 fully saturated rings. The molecule has 0 aliphatic carbocycles. The summed E-state index contributed by atoms with van der Waals surface area (Å²) >= 11 is 0. The van der Waals surface area contributed by atoms with Crippen molar-refractivity contribution in [2.75, 3.05) is 11.9 Å². The van der Waals surface area contributed by atoms with Gasteiger partial charge < -0.3 is 35.6 Å². The number of carboxylic acids is 1. The number of carboxylic acid groups (broad SMARTS) is 1. The minimum atomic E-state index is -1.47. The third kappa shape index (κ3) is 3.31. The predicted octanol–water partition coefficient (Wildman–Crippen LogP) is -1.40. The summed E-state index contributed by atoms with van der Waals surface area (Å²) in [6, 6.07) is 5.69. The number of nitrogens with one attached hydrogen (secondary N) is 1. The summed E-state index contributed by atoms with van der Waals surface area (Å²) in [5.74, 6) is -1.06. The van der Waals surface area contributed by atoms with Gasteiger partial charge in [0.05, 0.1) is 12.2 Å². The third-order valence-electron chi connectivity index (χ3n) is 3.33. The van der Waals surface area contributed by atoms with Crippen molar-refractivity contribution in [3.05, 3.63) is 29.8 Å². The molecule has 8 nitrogen and oxygen atoms in total. The van der Waals surface area contributed by atoms with Crippen molar-refractivity contribution in [1.82, 2.24) is 0 Å². The maximum absolute atomic E-state index is 10.7. The van der Waals surface area contributed by atoms with Crippen LogP contribution in [0.25, 0.3) is 0 Å². The maximum atomic E-state index is 10.7. The van der Waals surface area contributed by atoms with E-state index in [2.05, 4.69) is 5.32 Å². The van der Waals surface area contributed by atoms with Crippen LogP contribution < -0.4 is 5.32 Å². The largest absolute Gasteiger partial charge is 0.478 e. The molecule has 5 atom stereocenters. The molecule has 1 aliphatic rings. The lowest BCUT2D eigenvalue weighted by Gasteiger charge is -2.40. The zero-order valence-electron chi connectivity index (χ0n) is 11.0. The van der Waals surface area contributed by atoms with Gasteiger partial charge in [0.15, 0.2) is 6.23 Å². The lowest BCUT2D eigenvalue weighted by molar-refractivity contribution is -0.221. The first-order valence-electron chi connectivity index (χ1n) is 6.34. The molecule has 2 rings (SSSR count). The second-order valence-electron chi connectivity index (χ2n) is 4.78. The summed E-state index contributed by atoms with van der Waals surface area (Å²) in [5.41, 5.74) is 0.568. The lowest BCUT2D eigenvalue weighted by atomic mass is 9.98. The van der Waals surface area contributed by atoms with Crippen LogP contribution in [0.3, 0.4) is 0 Å². The Morgan fingerprint density at radius 3 is 2.24 bits per heavy atom. The first kappa shape index (κ1) is 15.7. The highest BCUT2D eigenvalue weighted by Crippen LogP contribution is 2.23. The van der Waals surface area contributed by atoms with Crippen LogP contribution in [0.15, 0.2) is 24.3 Å². The van der Waals surface area contributed by atoms with Crippen LogP contribution >= 0.6 is 0 Å². The van der Waals surface area contributed by atoms with Gasteiger partial charge in [-0.25, -0.2) is 4.79 Å². The Morgan fingerprint density at radius 2 is 1.71 bits per heavy atom. The van der Waals surface area contributed by atoms with Gasteiger partial charge in [0.2, 0.25) is 0 Å². The minimum absolute atomic E-state index is 0.106. The number of ether oxygens (including phenoxy) is 1. The van der Waals surface area contributed by atoms with Crippen LogP contribution in [0.1, 0.15) is 10.4 Å². The molecule has 116 valence electrons. The average molecular weight is 299 g/mol. The second-order valence-corrected chi connectivity index (χ2v) is 4.78. The van der Waals surface area contributed by atoms with E-state index in [1.165, 1.54) is 24.3 Å². The zero-order chi connectivity index (χ0) is 15.6. The molecule has 0 amide bonds. The Morgan fingerprint density at radius 1 is 1.10 bits per heavy atom. The number of aliphatic hydroxyl groups excluding tert-OH is 4. The fraction of sp³-hybridized carbons (Fsp3) is 0.462. The van der Waals surface area contributed by atoms with E-state index in [0.717, 1.165) is 0 Å². The van der Waals surface area contributed by atoms with E-state index in [1.807, 2.05) is 0 Å². The lowest BCUT2D eigenvalue weighted by Crippen LogP contribution is -2.60. The Bertz CT molecular complexity index is 490. The molecule has 0 aromatic heterocycles. The van der Waals surface area contributed by atoms with Gasteiger partial charge in [-0.2, -0.15) is 0 Å². The van der Waals surface area contributed by atoms with Crippen molar-refractivity contribution in [1.29, 1.82) is 0 Å². The van der Waals surface area contributed by atoms with E-state index >= 15 is 0 Å². The molecule has 1 heterocycles. The van der Waals surface area contributed by atoms with Crippen LogP contribution in [-0.2, 0) is 4.74 Å². The van der Waals surface area contributed by atoms with Gasteiger partial charge in [0, 0.05) is 5.69 Å². The van der Waals surface area contributed by atoms with Crippen molar-refractivity contribution in [3.63, 3.8) is 0 Å². The topological polar surface area (TPSA) is 139 Å². The molecule has 21 heavy (non-hydrogen) atoms. The third-order valence-corrected chi connectivity index (χ3v) is 3.33. The number of aromatic carboxylic acids is 1. The SMILES string of the molecule is O=C(O)c1ccc(N[C@@H]2O[C@H](CO)[C@H](O)[C@H](O)[C@H]2O)cc1. The minimum Gasteiger partial charge on any atom is -0.478 e. The van der Waals surface area contributed by atoms with Crippen molar-refractivity contribution in [2.45, 2.75) is 30.6 Å². The highest BCUT2D eigenvalue weighted by molar-refractivity contribution is 5.87. The van der Waals surface area contributed by atoms with Gasteiger partial charge in [-0.15, -0.1) is 0 Å². The fourth-order valence-electron chi connectivity index (χ4n) is 2.09. The van der Waals surface area contributed by atoms with Crippen LogP contribution in [0, 0.1) is 0 Å². The van der Waals surface area contributed by atoms with Crippen molar-refractivity contribution in [3.8, 4) is 0 Å². The van der Waals surface area contributed by atoms with Gasteiger partial charge in [-0.05, 0) is 24.3 Å². The summed E-state index contributed by atoms with van der Waals surface area (Å²) < 4.78 is 5.27. The molecule has 0 unspecified atom stereocenters. The molecule has 0 bridgehead atoms. The summed E-state index contributed by atoms with van der Waals surface area (Å²) in [6.45, 7) is -0.513. The van der Waals surface area contributed by atoms with Crippen LogP contribution in [0.5, 0.6) is 0 Å². The number of hydrogen-bond acceptors (Lipinski definition) is 7. The molecule has 1 saturated heterocycles. The van der Waals surface area contributed by atoms with E-state index in [9.17, 15) is 20.1 Å². The highest BCUT2D eigenvalue weighted by atomic mass is 16.6. The molecule has 1 aromatic rings. The molecule has 6 N–H and O–H groups in total. The summed E-state index contributed by atoms with van der Waals surface area (Å²) in [7, 11) is 0. The molecule has 0 saturated carbocycles. The van der Waals surface area contributed by atoms with E-state index in [-0.39, 0.29) is 5.56 Å². The van der Waals surface area contributed by atoms with E-state index in [1.54, 1.807) is 0 Å². The number of carbonyl (C=O) groups is 1. The predicted molar refractivity (Wildman–Crippen MR) is 70.8 cm³/mol.